The quantitative estimate of drug-likeness (QED) is 0.594. The van der Waals surface area contributed by atoms with E-state index in [1.807, 2.05) is 0 Å². The van der Waals surface area contributed by atoms with E-state index in [1.54, 1.807) is 0 Å². The van der Waals surface area contributed by atoms with E-state index in [9.17, 15) is 5.11 Å². The van der Waals surface area contributed by atoms with E-state index in [0.29, 0.717) is 12.6 Å². The molecular formula is C10H22N2O2. The highest BCUT2D eigenvalue weighted by Gasteiger charge is 2.18. The molecule has 0 aromatic heterocycles. The predicted octanol–water partition coefficient (Wildman–Crippen LogP) is -0.322. The van der Waals surface area contributed by atoms with Gasteiger partial charge in [-0.15, -0.1) is 0 Å². The van der Waals surface area contributed by atoms with Crippen molar-refractivity contribution in [1.82, 2.24) is 10.2 Å². The first-order valence-corrected chi connectivity index (χ1v) is 5.47. The SMILES string of the molecule is CCN(CC)CC(O)CNC1COC1. The molecule has 14 heavy (non-hydrogen) atoms. The molecule has 0 bridgehead atoms. The van der Waals surface area contributed by atoms with Crippen LogP contribution in [0, 0.1) is 0 Å². The van der Waals surface area contributed by atoms with Crippen molar-refractivity contribution in [3.05, 3.63) is 0 Å². The molecule has 0 aliphatic carbocycles. The molecule has 84 valence electrons. The number of nitrogens with zero attached hydrogens (tertiary/aromatic N) is 1. The van der Waals surface area contributed by atoms with E-state index < -0.39 is 0 Å². The van der Waals surface area contributed by atoms with Crippen LogP contribution in [0.3, 0.4) is 0 Å². The molecule has 1 aliphatic rings. The van der Waals surface area contributed by atoms with Gasteiger partial charge in [-0.1, -0.05) is 13.8 Å². The molecule has 0 saturated carbocycles. The summed E-state index contributed by atoms with van der Waals surface area (Å²) in [6.07, 6.45) is -0.268. The second-order valence-electron chi connectivity index (χ2n) is 3.78. The Labute approximate surface area is 86.2 Å². The molecule has 0 radical (unpaired) electrons. The molecule has 4 heteroatoms. The summed E-state index contributed by atoms with van der Waals surface area (Å²) in [4.78, 5) is 2.23. The van der Waals surface area contributed by atoms with E-state index in [1.165, 1.54) is 0 Å². The summed E-state index contributed by atoms with van der Waals surface area (Å²) in [6, 6.07) is 0.460. The van der Waals surface area contributed by atoms with Crippen LogP contribution in [0.4, 0.5) is 0 Å². The molecule has 0 amide bonds. The third kappa shape index (κ3) is 3.92. The van der Waals surface area contributed by atoms with Crippen molar-refractivity contribution < 1.29 is 9.84 Å². The largest absolute Gasteiger partial charge is 0.390 e. The maximum Gasteiger partial charge on any atom is 0.0791 e. The fourth-order valence-electron chi connectivity index (χ4n) is 1.50. The van der Waals surface area contributed by atoms with Crippen LogP contribution in [0.2, 0.25) is 0 Å². The Kier molecular flexibility index (Phi) is 5.40. The van der Waals surface area contributed by atoms with Crippen LogP contribution in [0.15, 0.2) is 0 Å². The Morgan fingerprint density at radius 2 is 2.07 bits per heavy atom. The molecule has 1 saturated heterocycles. The summed E-state index contributed by atoms with van der Waals surface area (Å²) in [5.74, 6) is 0. The normalized spacial score (nSPS) is 19.7. The molecule has 1 unspecified atom stereocenters. The van der Waals surface area contributed by atoms with E-state index in [2.05, 4.69) is 24.1 Å². The van der Waals surface area contributed by atoms with Gasteiger partial charge in [0.25, 0.3) is 0 Å². The first-order valence-electron chi connectivity index (χ1n) is 5.47. The lowest BCUT2D eigenvalue weighted by molar-refractivity contribution is -0.0111. The van der Waals surface area contributed by atoms with Crippen molar-refractivity contribution in [2.24, 2.45) is 0 Å². The maximum atomic E-state index is 9.71. The third-order valence-corrected chi connectivity index (χ3v) is 2.64. The fraction of sp³-hybridized carbons (Fsp3) is 1.00. The molecule has 4 nitrogen and oxygen atoms in total. The number of rotatable bonds is 7. The van der Waals surface area contributed by atoms with Gasteiger partial charge in [0.05, 0.1) is 25.4 Å². The summed E-state index contributed by atoms with van der Waals surface area (Å²) in [5, 5.41) is 13.0. The standard InChI is InChI=1S/C10H22N2O2/c1-3-12(4-2)6-10(13)5-11-9-7-14-8-9/h9-11,13H,3-8H2,1-2H3. The molecular weight excluding hydrogens is 180 g/mol. The van der Waals surface area contributed by atoms with Gasteiger partial charge in [0.2, 0.25) is 0 Å². The average molecular weight is 202 g/mol. The van der Waals surface area contributed by atoms with Gasteiger partial charge in [0.1, 0.15) is 0 Å². The molecule has 1 heterocycles. The van der Waals surface area contributed by atoms with Gasteiger partial charge in [-0.05, 0) is 13.1 Å². The molecule has 1 fully saturated rings. The van der Waals surface area contributed by atoms with Crippen LogP contribution >= 0.6 is 0 Å². The van der Waals surface area contributed by atoms with Gasteiger partial charge >= 0.3 is 0 Å². The number of likely N-dealkylation sites (N-methyl/N-ethyl adjacent to an activating group) is 1. The smallest absolute Gasteiger partial charge is 0.0791 e. The first kappa shape index (κ1) is 11.9. The van der Waals surface area contributed by atoms with Crippen molar-refractivity contribution in [1.29, 1.82) is 0 Å². The lowest BCUT2D eigenvalue weighted by atomic mass is 10.2. The number of aliphatic hydroxyl groups excluding tert-OH is 1. The highest BCUT2D eigenvalue weighted by Crippen LogP contribution is 1.99. The summed E-state index contributed by atoms with van der Waals surface area (Å²) < 4.78 is 5.04. The minimum absolute atomic E-state index is 0.268. The van der Waals surface area contributed by atoms with Crippen LogP contribution in [0.1, 0.15) is 13.8 Å². The van der Waals surface area contributed by atoms with E-state index in [4.69, 9.17) is 4.74 Å². The lowest BCUT2D eigenvalue weighted by Gasteiger charge is -2.29. The van der Waals surface area contributed by atoms with Gasteiger partial charge in [-0.2, -0.15) is 0 Å². The topological polar surface area (TPSA) is 44.7 Å². The van der Waals surface area contributed by atoms with Crippen LogP contribution in [-0.2, 0) is 4.74 Å². The minimum Gasteiger partial charge on any atom is -0.390 e. The molecule has 0 spiro atoms. The Balaban J connectivity index is 2.04. The molecule has 0 aromatic rings. The highest BCUT2D eigenvalue weighted by molar-refractivity contribution is 4.75. The average Bonchev–Trinajstić information content (AvgIpc) is 2.11. The van der Waals surface area contributed by atoms with Crippen molar-refractivity contribution in [2.75, 3.05) is 39.4 Å². The Morgan fingerprint density at radius 3 is 2.50 bits per heavy atom. The highest BCUT2D eigenvalue weighted by atomic mass is 16.5. The first-order chi connectivity index (χ1) is 6.76. The van der Waals surface area contributed by atoms with Gasteiger partial charge in [0.15, 0.2) is 0 Å². The second-order valence-corrected chi connectivity index (χ2v) is 3.78. The van der Waals surface area contributed by atoms with Crippen LogP contribution < -0.4 is 5.32 Å². The predicted molar refractivity (Wildman–Crippen MR) is 56.4 cm³/mol. The second kappa shape index (κ2) is 6.35. The zero-order chi connectivity index (χ0) is 10.4. The molecule has 2 N–H and O–H groups in total. The van der Waals surface area contributed by atoms with Crippen molar-refractivity contribution in [3.63, 3.8) is 0 Å². The van der Waals surface area contributed by atoms with E-state index >= 15 is 0 Å². The zero-order valence-corrected chi connectivity index (χ0v) is 9.20. The lowest BCUT2D eigenvalue weighted by Crippen LogP contribution is -2.50. The van der Waals surface area contributed by atoms with Crippen LogP contribution in [0.25, 0.3) is 0 Å². The maximum absolute atomic E-state index is 9.71. The van der Waals surface area contributed by atoms with Crippen LogP contribution in [0.5, 0.6) is 0 Å². The Hall–Kier alpha value is -0.160. The number of hydrogen-bond acceptors (Lipinski definition) is 4. The number of ether oxygens (including phenoxy) is 1. The van der Waals surface area contributed by atoms with Gasteiger partial charge in [-0.3, -0.25) is 0 Å². The summed E-state index contributed by atoms with van der Waals surface area (Å²) in [7, 11) is 0. The number of aliphatic hydroxyl groups is 1. The molecule has 1 atom stereocenters. The van der Waals surface area contributed by atoms with Crippen LogP contribution in [-0.4, -0.2) is 61.5 Å². The molecule has 1 rings (SSSR count). The van der Waals surface area contributed by atoms with Gasteiger partial charge < -0.3 is 20.1 Å². The van der Waals surface area contributed by atoms with Crippen molar-refractivity contribution in [2.45, 2.75) is 26.0 Å². The zero-order valence-electron chi connectivity index (χ0n) is 9.20. The Bertz CT molecular complexity index is 147. The summed E-state index contributed by atoms with van der Waals surface area (Å²) in [5.41, 5.74) is 0. The minimum atomic E-state index is -0.268. The van der Waals surface area contributed by atoms with Gasteiger partial charge in [0, 0.05) is 13.1 Å². The summed E-state index contributed by atoms with van der Waals surface area (Å²) >= 11 is 0. The molecule has 0 aromatic carbocycles. The third-order valence-electron chi connectivity index (χ3n) is 2.64. The summed E-state index contributed by atoms with van der Waals surface area (Å²) in [6.45, 7) is 9.24. The van der Waals surface area contributed by atoms with Gasteiger partial charge in [-0.25, -0.2) is 0 Å². The molecule has 1 aliphatic heterocycles. The van der Waals surface area contributed by atoms with Crippen molar-refractivity contribution >= 4 is 0 Å². The van der Waals surface area contributed by atoms with E-state index in [0.717, 1.165) is 32.8 Å². The van der Waals surface area contributed by atoms with Crippen molar-refractivity contribution in [3.8, 4) is 0 Å². The van der Waals surface area contributed by atoms with E-state index in [-0.39, 0.29) is 6.10 Å². The Morgan fingerprint density at radius 1 is 1.43 bits per heavy atom. The number of nitrogens with one attached hydrogen (secondary N) is 1. The fourth-order valence-corrected chi connectivity index (χ4v) is 1.50. The number of hydrogen-bond donors (Lipinski definition) is 2. The monoisotopic (exact) mass is 202 g/mol.